The Morgan fingerprint density at radius 2 is 1.84 bits per heavy atom. The minimum absolute atomic E-state index is 0.132. The van der Waals surface area contributed by atoms with Crippen molar-refractivity contribution in [2.24, 2.45) is 0 Å². The van der Waals surface area contributed by atoms with Crippen LogP contribution in [0.4, 0.5) is 11.4 Å². The number of nitro groups is 1. The van der Waals surface area contributed by atoms with Gasteiger partial charge in [-0.2, -0.15) is 0 Å². The lowest BCUT2D eigenvalue weighted by Gasteiger charge is -2.25. The second-order valence-electron chi connectivity index (χ2n) is 8.05. The highest BCUT2D eigenvalue weighted by molar-refractivity contribution is 6.31. The number of hydrogen-bond acceptors (Lipinski definition) is 5. The van der Waals surface area contributed by atoms with Crippen molar-refractivity contribution in [2.75, 3.05) is 18.4 Å². The summed E-state index contributed by atoms with van der Waals surface area (Å²) in [6.45, 7) is 7.74. The third-order valence-electron chi connectivity index (χ3n) is 4.39. The van der Waals surface area contributed by atoms with Gasteiger partial charge < -0.3 is 15.5 Å². The summed E-state index contributed by atoms with van der Waals surface area (Å²) in [4.78, 5) is 37.5. The van der Waals surface area contributed by atoms with E-state index in [2.05, 4.69) is 10.6 Å². The fourth-order valence-electron chi connectivity index (χ4n) is 2.94. The average molecular weight is 447 g/mol. The van der Waals surface area contributed by atoms with Gasteiger partial charge in [-0.25, -0.2) is 0 Å². The van der Waals surface area contributed by atoms with Crippen molar-refractivity contribution < 1.29 is 14.5 Å². The lowest BCUT2D eigenvalue weighted by atomic mass is 10.1. The second kappa shape index (κ2) is 10.3. The number of nitro benzene ring substituents is 1. The number of amides is 2. The molecule has 0 atom stereocenters. The Kier molecular flexibility index (Phi) is 7.99. The summed E-state index contributed by atoms with van der Waals surface area (Å²) in [6, 6.07) is 11.4. The van der Waals surface area contributed by atoms with E-state index in [0.29, 0.717) is 11.6 Å². The SMILES string of the molecule is CCN(CC(=O)NC(C)(C)C)C(=O)c1ccc(NCc2ccccc2Cl)c([N+](=O)[O-])c1. The van der Waals surface area contributed by atoms with Gasteiger partial charge in [0.2, 0.25) is 5.91 Å². The predicted molar refractivity (Wildman–Crippen MR) is 121 cm³/mol. The van der Waals surface area contributed by atoms with Crippen LogP contribution in [0.2, 0.25) is 5.02 Å². The maximum Gasteiger partial charge on any atom is 0.293 e. The van der Waals surface area contributed by atoms with Crippen molar-refractivity contribution in [3.05, 3.63) is 68.7 Å². The zero-order valence-electron chi connectivity index (χ0n) is 18.1. The third kappa shape index (κ3) is 6.96. The zero-order valence-corrected chi connectivity index (χ0v) is 18.8. The van der Waals surface area contributed by atoms with Gasteiger partial charge in [0, 0.05) is 35.3 Å². The van der Waals surface area contributed by atoms with E-state index in [1.165, 1.54) is 23.1 Å². The molecule has 166 valence electrons. The van der Waals surface area contributed by atoms with E-state index in [1.807, 2.05) is 32.9 Å². The van der Waals surface area contributed by atoms with E-state index in [-0.39, 0.29) is 35.9 Å². The molecule has 0 radical (unpaired) electrons. The number of hydrogen-bond donors (Lipinski definition) is 2. The van der Waals surface area contributed by atoms with Gasteiger partial charge in [0.05, 0.1) is 11.5 Å². The van der Waals surface area contributed by atoms with Gasteiger partial charge >= 0.3 is 0 Å². The summed E-state index contributed by atoms with van der Waals surface area (Å²) in [6.07, 6.45) is 0. The van der Waals surface area contributed by atoms with E-state index in [9.17, 15) is 19.7 Å². The van der Waals surface area contributed by atoms with Gasteiger partial charge in [-0.15, -0.1) is 0 Å². The predicted octanol–water partition coefficient (Wildman–Crippen LogP) is 4.24. The van der Waals surface area contributed by atoms with Gasteiger partial charge in [0.25, 0.3) is 11.6 Å². The highest BCUT2D eigenvalue weighted by Gasteiger charge is 2.23. The molecule has 0 heterocycles. The van der Waals surface area contributed by atoms with Crippen LogP contribution in [-0.2, 0) is 11.3 Å². The monoisotopic (exact) mass is 446 g/mol. The Hall–Kier alpha value is -3.13. The lowest BCUT2D eigenvalue weighted by Crippen LogP contribution is -2.47. The molecule has 0 aliphatic rings. The van der Waals surface area contributed by atoms with Gasteiger partial charge in [0.15, 0.2) is 0 Å². The van der Waals surface area contributed by atoms with Crippen LogP contribution >= 0.6 is 11.6 Å². The number of rotatable bonds is 8. The normalized spacial score (nSPS) is 11.0. The Bertz CT molecular complexity index is 972. The van der Waals surface area contributed by atoms with E-state index in [4.69, 9.17) is 11.6 Å². The fraction of sp³-hybridized carbons (Fsp3) is 0.364. The van der Waals surface area contributed by atoms with E-state index in [0.717, 1.165) is 5.56 Å². The minimum atomic E-state index is -0.547. The van der Waals surface area contributed by atoms with Crippen LogP contribution in [0.15, 0.2) is 42.5 Å². The van der Waals surface area contributed by atoms with Gasteiger partial charge in [-0.05, 0) is 51.5 Å². The summed E-state index contributed by atoms with van der Waals surface area (Å²) in [5.41, 5.74) is 0.553. The molecule has 0 spiro atoms. The first-order valence-electron chi connectivity index (χ1n) is 9.88. The van der Waals surface area contributed by atoms with Crippen LogP contribution in [-0.4, -0.2) is 40.3 Å². The van der Waals surface area contributed by atoms with Crippen LogP contribution in [0.1, 0.15) is 43.6 Å². The molecular formula is C22H27ClN4O4. The maximum absolute atomic E-state index is 12.9. The number of halogens is 1. The molecule has 0 saturated carbocycles. The molecule has 2 aromatic carbocycles. The van der Waals surface area contributed by atoms with E-state index in [1.54, 1.807) is 19.1 Å². The summed E-state index contributed by atoms with van der Waals surface area (Å²) < 4.78 is 0. The van der Waals surface area contributed by atoms with Crippen molar-refractivity contribution in [1.82, 2.24) is 10.2 Å². The van der Waals surface area contributed by atoms with Crippen molar-refractivity contribution >= 4 is 34.8 Å². The molecule has 0 fully saturated rings. The van der Waals surface area contributed by atoms with Crippen molar-refractivity contribution in [3.63, 3.8) is 0 Å². The van der Waals surface area contributed by atoms with Gasteiger partial charge in [0.1, 0.15) is 5.69 Å². The molecule has 0 aliphatic heterocycles. The van der Waals surface area contributed by atoms with Crippen LogP contribution in [0, 0.1) is 10.1 Å². The number of benzene rings is 2. The molecule has 8 nitrogen and oxygen atoms in total. The molecule has 2 rings (SSSR count). The molecule has 2 aromatic rings. The number of nitrogens with one attached hydrogen (secondary N) is 2. The lowest BCUT2D eigenvalue weighted by molar-refractivity contribution is -0.384. The largest absolute Gasteiger partial charge is 0.375 e. The van der Waals surface area contributed by atoms with Crippen LogP contribution < -0.4 is 10.6 Å². The first-order valence-corrected chi connectivity index (χ1v) is 10.3. The summed E-state index contributed by atoms with van der Waals surface area (Å²) in [7, 11) is 0. The molecule has 0 bridgehead atoms. The molecule has 0 saturated heterocycles. The topological polar surface area (TPSA) is 105 Å². The molecule has 0 unspecified atom stereocenters. The number of nitrogens with zero attached hydrogens (tertiary/aromatic N) is 2. The Balaban J connectivity index is 2.20. The first-order chi connectivity index (χ1) is 14.5. The molecule has 31 heavy (non-hydrogen) atoms. The van der Waals surface area contributed by atoms with Crippen molar-refractivity contribution in [2.45, 2.75) is 39.8 Å². The maximum atomic E-state index is 12.9. The fourth-order valence-corrected chi connectivity index (χ4v) is 3.14. The number of anilines is 1. The number of carbonyl (C=O) groups is 2. The van der Waals surface area contributed by atoms with Gasteiger partial charge in [-0.3, -0.25) is 19.7 Å². The molecule has 2 N–H and O–H groups in total. The number of carbonyl (C=O) groups excluding carboxylic acids is 2. The van der Waals surface area contributed by atoms with Crippen LogP contribution in [0.25, 0.3) is 0 Å². The second-order valence-corrected chi connectivity index (χ2v) is 8.46. The summed E-state index contributed by atoms with van der Waals surface area (Å²) >= 11 is 6.14. The highest BCUT2D eigenvalue weighted by Crippen LogP contribution is 2.27. The first kappa shape index (κ1) is 24.1. The Morgan fingerprint density at radius 1 is 1.16 bits per heavy atom. The summed E-state index contributed by atoms with van der Waals surface area (Å²) in [5, 5.41) is 18.0. The molecular weight excluding hydrogens is 420 g/mol. The molecule has 0 aromatic heterocycles. The van der Waals surface area contributed by atoms with E-state index < -0.39 is 16.4 Å². The highest BCUT2D eigenvalue weighted by atomic mass is 35.5. The Morgan fingerprint density at radius 3 is 2.42 bits per heavy atom. The quantitative estimate of drug-likeness (QED) is 0.466. The number of likely N-dealkylation sites (N-methyl/N-ethyl adjacent to an activating group) is 1. The van der Waals surface area contributed by atoms with Crippen LogP contribution in [0.3, 0.4) is 0 Å². The average Bonchev–Trinajstić information content (AvgIpc) is 2.69. The Labute approximate surface area is 186 Å². The van der Waals surface area contributed by atoms with Crippen LogP contribution in [0.5, 0.6) is 0 Å². The summed E-state index contributed by atoms with van der Waals surface area (Å²) in [5.74, 6) is -0.748. The van der Waals surface area contributed by atoms with Crippen molar-refractivity contribution in [1.29, 1.82) is 0 Å². The smallest absolute Gasteiger partial charge is 0.293 e. The van der Waals surface area contributed by atoms with E-state index >= 15 is 0 Å². The minimum Gasteiger partial charge on any atom is -0.375 e. The third-order valence-corrected chi connectivity index (χ3v) is 4.76. The molecule has 0 aliphatic carbocycles. The molecule has 2 amide bonds. The molecule has 9 heteroatoms. The van der Waals surface area contributed by atoms with Crippen molar-refractivity contribution in [3.8, 4) is 0 Å². The van der Waals surface area contributed by atoms with Gasteiger partial charge in [-0.1, -0.05) is 29.8 Å². The zero-order chi connectivity index (χ0) is 23.2. The standard InChI is InChI=1S/C22H27ClN4O4/c1-5-26(14-20(28)25-22(2,3)4)21(29)15-10-11-18(19(12-15)27(30)31)24-13-16-8-6-7-9-17(16)23/h6-12,24H,5,13-14H2,1-4H3,(H,25,28).